The van der Waals surface area contributed by atoms with Gasteiger partial charge in [-0.1, -0.05) is 13.3 Å². The first-order chi connectivity index (χ1) is 8.29. The number of aryl methyl sites for hydroxylation is 1. The number of anilines is 1. The zero-order valence-corrected chi connectivity index (χ0v) is 10.7. The number of hydrogen-bond acceptors (Lipinski definition) is 4. The van der Waals surface area contributed by atoms with E-state index in [1.807, 2.05) is 19.4 Å². The molecule has 0 spiro atoms. The van der Waals surface area contributed by atoms with Crippen molar-refractivity contribution in [3.05, 3.63) is 18.0 Å². The highest BCUT2D eigenvalue weighted by Crippen LogP contribution is 2.15. The smallest absolute Gasteiger partial charge is 0.225 e. The van der Waals surface area contributed by atoms with Crippen molar-refractivity contribution in [2.24, 2.45) is 5.92 Å². The summed E-state index contributed by atoms with van der Waals surface area (Å²) in [6.45, 7) is 4.92. The molecule has 17 heavy (non-hydrogen) atoms. The fourth-order valence-electron chi connectivity index (χ4n) is 2.16. The largest absolute Gasteiger partial charge is 0.381 e. The first-order valence-corrected chi connectivity index (χ1v) is 6.39. The van der Waals surface area contributed by atoms with Crippen molar-refractivity contribution in [1.29, 1.82) is 0 Å². The van der Waals surface area contributed by atoms with Gasteiger partial charge in [-0.25, -0.2) is 9.97 Å². The zero-order valence-electron chi connectivity index (χ0n) is 10.7. The van der Waals surface area contributed by atoms with Crippen molar-refractivity contribution in [2.75, 3.05) is 31.7 Å². The monoisotopic (exact) mass is 235 g/mol. The molecule has 0 radical (unpaired) electrons. The lowest BCUT2D eigenvalue weighted by molar-refractivity contribution is 0.186. The van der Waals surface area contributed by atoms with Crippen molar-refractivity contribution in [1.82, 2.24) is 9.97 Å². The highest BCUT2D eigenvalue weighted by molar-refractivity contribution is 5.28. The maximum atomic E-state index is 5.38. The second kappa shape index (κ2) is 5.96. The number of nitrogens with zero attached hydrogens (tertiary/aromatic N) is 3. The van der Waals surface area contributed by atoms with E-state index in [1.165, 1.54) is 5.56 Å². The van der Waals surface area contributed by atoms with Crippen LogP contribution in [-0.2, 0) is 11.2 Å². The van der Waals surface area contributed by atoms with Crippen molar-refractivity contribution in [3.8, 4) is 0 Å². The second-order valence-electron chi connectivity index (χ2n) is 4.75. The van der Waals surface area contributed by atoms with Gasteiger partial charge in [0.2, 0.25) is 5.95 Å². The molecule has 1 aromatic heterocycles. The van der Waals surface area contributed by atoms with Gasteiger partial charge in [0.25, 0.3) is 0 Å². The minimum Gasteiger partial charge on any atom is -0.381 e. The van der Waals surface area contributed by atoms with E-state index in [-0.39, 0.29) is 0 Å². The fourth-order valence-corrected chi connectivity index (χ4v) is 2.16. The van der Waals surface area contributed by atoms with Crippen LogP contribution in [0.25, 0.3) is 0 Å². The Balaban J connectivity index is 1.91. The summed E-state index contributed by atoms with van der Waals surface area (Å²) in [5.74, 6) is 1.44. The molecule has 2 heterocycles. The predicted octanol–water partition coefficient (Wildman–Crippen LogP) is 1.90. The first-order valence-electron chi connectivity index (χ1n) is 6.39. The van der Waals surface area contributed by atoms with Gasteiger partial charge >= 0.3 is 0 Å². The van der Waals surface area contributed by atoms with Crippen LogP contribution < -0.4 is 4.90 Å². The van der Waals surface area contributed by atoms with Crippen molar-refractivity contribution in [3.63, 3.8) is 0 Å². The molecule has 0 bridgehead atoms. The maximum absolute atomic E-state index is 5.38. The minimum atomic E-state index is 0.624. The Hall–Kier alpha value is -1.16. The molecule has 1 aromatic rings. The molecule has 1 saturated heterocycles. The van der Waals surface area contributed by atoms with Crippen molar-refractivity contribution in [2.45, 2.75) is 26.2 Å². The Kier molecular flexibility index (Phi) is 4.31. The highest BCUT2D eigenvalue weighted by Gasteiger charge is 2.18. The van der Waals surface area contributed by atoms with Crippen molar-refractivity contribution >= 4 is 5.95 Å². The lowest BCUT2D eigenvalue weighted by atomic mass is 10.1. The molecule has 1 unspecified atom stereocenters. The molecule has 1 aliphatic heterocycles. The van der Waals surface area contributed by atoms with E-state index >= 15 is 0 Å². The van der Waals surface area contributed by atoms with Gasteiger partial charge in [0, 0.05) is 38.5 Å². The summed E-state index contributed by atoms with van der Waals surface area (Å²) in [5.41, 5.74) is 1.22. The Morgan fingerprint density at radius 1 is 1.41 bits per heavy atom. The van der Waals surface area contributed by atoms with Gasteiger partial charge in [0.1, 0.15) is 0 Å². The van der Waals surface area contributed by atoms with Gasteiger partial charge in [-0.3, -0.25) is 0 Å². The molecule has 0 aromatic carbocycles. The summed E-state index contributed by atoms with van der Waals surface area (Å²) in [6.07, 6.45) is 7.22. The quantitative estimate of drug-likeness (QED) is 0.781. The average Bonchev–Trinajstić information content (AvgIpc) is 2.83. The topological polar surface area (TPSA) is 38.2 Å². The van der Waals surface area contributed by atoms with E-state index in [4.69, 9.17) is 4.74 Å². The number of hydrogen-bond donors (Lipinski definition) is 0. The Morgan fingerprint density at radius 3 is 2.76 bits per heavy atom. The van der Waals surface area contributed by atoms with E-state index in [1.54, 1.807) is 0 Å². The molecule has 0 amide bonds. The molecular formula is C13H21N3O. The van der Waals surface area contributed by atoms with E-state index in [0.717, 1.165) is 45.0 Å². The molecular weight excluding hydrogens is 214 g/mol. The first kappa shape index (κ1) is 12.3. The van der Waals surface area contributed by atoms with Crippen LogP contribution in [0.2, 0.25) is 0 Å². The normalized spacial score (nSPS) is 19.5. The second-order valence-corrected chi connectivity index (χ2v) is 4.75. The average molecular weight is 235 g/mol. The van der Waals surface area contributed by atoms with Crippen LogP contribution in [0.3, 0.4) is 0 Å². The number of ether oxygens (including phenoxy) is 1. The summed E-state index contributed by atoms with van der Waals surface area (Å²) >= 11 is 0. The van der Waals surface area contributed by atoms with Crippen LogP contribution >= 0.6 is 0 Å². The highest BCUT2D eigenvalue weighted by atomic mass is 16.5. The van der Waals surface area contributed by atoms with Gasteiger partial charge < -0.3 is 9.64 Å². The van der Waals surface area contributed by atoms with E-state index in [0.29, 0.717) is 5.92 Å². The third-order valence-corrected chi connectivity index (χ3v) is 3.13. The molecule has 0 saturated carbocycles. The molecule has 0 aliphatic carbocycles. The molecule has 94 valence electrons. The number of aromatic nitrogens is 2. The van der Waals surface area contributed by atoms with Gasteiger partial charge in [0.15, 0.2) is 0 Å². The van der Waals surface area contributed by atoms with E-state index in [9.17, 15) is 0 Å². The SMILES string of the molecule is CCCc1cnc(N(C)CC2CCOC2)nc1. The van der Waals surface area contributed by atoms with Crippen LogP contribution in [-0.4, -0.2) is 36.8 Å². The van der Waals surface area contributed by atoms with Crippen LogP contribution in [0.5, 0.6) is 0 Å². The fraction of sp³-hybridized carbons (Fsp3) is 0.692. The Bertz CT molecular complexity index is 333. The molecule has 1 fully saturated rings. The third kappa shape index (κ3) is 3.40. The van der Waals surface area contributed by atoms with Crippen LogP contribution in [0.15, 0.2) is 12.4 Å². The van der Waals surface area contributed by atoms with E-state index in [2.05, 4.69) is 21.8 Å². The summed E-state index contributed by atoms with van der Waals surface area (Å²) in [4.78, 5) is 10.9. The lowest BCUT2D eigenvalue weighted by Crippen LogP contribution is -2.27. The minimum absolute atomic E-state index is 0.624. The van der Waals surface area contributed by atoms with Crippen LogP contribution in [0.4, 0.5) is 5.95 Å². The number of rotatable bonds is 5. The van der Waals surface area contributed by atoms with Crippen LogP contribution in [0, 0.1) is 5.92 Å². The third-order valence-electron chi connectivity index (χ3n) is 3.13. The van der Waals surface area contributed by atoms with Gasteiger partial charge in [-0.2, -0.15) is 0 Å². The predicted molar refractivity (Wildman–Crippen MR) is 68.2 cm³/mol. The molecule has 0 N–H and O–H groups in total. The summed E-state index contributed by atoms with van der Waals surface area (Å²) < 4.78 is 5.38. The zero-order chi connectivity index (χ0) is 12.1. The lowest BCUT2D eigenvalue weighted by Gasteiger charge is -2.20. The van der Waals surface area contributed by atoms with Gasteiger partial charge in [-0.15, -0.1) is 0 Å². The summed E-state index contributed by atoms with van der Waals surface area (Å²) in [6, 6.07) is 0. The van der Waals surface area contributed by atoms with Crippen LogP contribution in [0.1, 0.15) is 25.3 Å². The van der Waals surface area contributed by atoms with Gasteiger partial charge in [0.05, 0.1) is 6.61 Å². The molecule has 2 rings (SSSR count). The molecule has 4 heteroatoms. The molecule has 1 aliphatic rings. The van der Waals surface area contributed by atoms with Crippen molar-refractivity contribution < 1.29 is 4.74 Å². The summed E-state index contributed by atoms with van der Waals surface area (Å²) in [7, 11) is 2.05. The Labute approximate surface area is 103 Å². The van der Waals surface area contributed by atoms with Gasteiger partial charge in [-0.05, 0) is 18.4 Å². The summed E-state index contributed by atoms with van der Waals surface area (Å²) in [5, 5.41) is 0. The maximum Gasteiger partial charge on any atom is 0.225 e. The Morgan fingerprint density at radius 2 is 2.18 bits per heavy atom. The van der Waals surface area contributed by atoms with E-state index < -0.39 is 0 Å². The molecule has 1 atom stereocenters. The molecule has 4 nitrogen and oxygen atoms in total. The standard InChI is InChI=1S/C13H21N3O/c1-3-4-11-7-14-13(15-8-11)16(2)9-12-5-6-17-10-12/h7-8,12H,3-6,9-10H2,1-2H3.